The quantitative estimate of drug-likeness (QED) is 0.663. The van der Waals surface area contributed by atoms with Crippen LogP contribution in [0.15, 0.2) is 35.8 Å². The van der Waals surface area contributed by atoms with Crippen LogP contribution in [0.5, 0.6) is 0 Å². The van der Waals surface area contributed by atoms with Crippen molar-refractivity contribution < 1.29 is 18.3 Å². The smallest absolute Gasteiger partial charge is 0.395 e. The first-order valence-electron chi connectivity index (χ1n) is 3.84. The van der Waals surface area contributed by atoms with Crippen LogP contribution in [-0.4, -0.2) is 6.29 Å². The Balaban J connectivity index is 2.89. The zero-order valence-corrected chi connectivity index (χ0v) is 7.38. The number of allylic oxidation sites excluding steroid dienone is 4. The molecule has 1 aliphatic rings. The van der Waals surface area contributed by atoms with Crippen LogP contribution in [0.4, 0.5) is 8.78 Å². The maximum atomic E-state index is 12.5. The predicted molar refractivity (Wildman–Crippen MR) is 43.8 cm³/mol. The van der Waals surface area contributed by atoms with Gasteiger partial charge < -0.3 is 9.47 Å². The summed E-state index contributed by atoms with van der Waals surface area (Å²) in [5.41, 5.74) is 0. The monoisotopic (exact) mass is 188 g/mol. The summed E-state index contributed by atoms with van der Waals surface area (Å²) >= 11 is 0. The average Bonchev–Trinajstić information content (AvgIpc) is 2.28. The van der Waals surface area contributed by atoms with Crippen LogP contribution in [0, 0.1) is 0 Å². The molecule has 0 spiro atoms. The maximum absolute atomic E-state index is 12.5. The minimum Gasteiger partial charge on any atom is -0.395 e. The van der Waals surface area contributed by atoms with E-state index in [2.05, 4.69) is 9.47 Å². The van der Waals surface area contributed by atoms with Gasteiger partial charge in [0.25, 0.3) is 0 Å². The lowest BCUT2D eigenvalue weighted by atomic mass is 10.3. The van der Waals surface area contributed by atoms with E-state index in [1.807, 2.05) is 0 Å². The molecule has 0 aromatic rings. The first-order valence-corrected chi connectivity index (χ1v) is 3.84. The van der Waals surface area contributed by atoms with Gasteiger partial charge in [0.2, 0.25) is 0 Å². The lowest BCUT2D eigenvalue weighted by Crippen LogP contribution is -2.16. The van der Waals surface area contributed by atoms with E-state index in [9.17, 15) is 8.78 Å². The fourth-order valence-corrected chi connectivity index (χ4v) is 0.913. The number of rotatable bonds is 2. The van der Waals surface area contributed by atoms with Crippen molar-refractivity contribution in [3.8, 4) is 0 Å². The summed E-state index contributed by atoms with van der Waals surface area (Å²) in [6.07, 6.45) is 2.52. The first kappa shape index (κ1) is 9.77. The molecule has 2 nitrogen and oxygen atoms in total. The van der Waals surface area contributed by atoms with Gasteiger partial charge in [0.15, 0.2) is 11.5 Å². The van der Waals surface area contributed by atoms with Crippen molar-refractivity contribution in [2.75, 3.05) is 0 Å². The minimum absolute atomic E-state index is 0.0469. The number of halogens is 2. The molecular weight excluding hydrogens is 178 g/mol. The van der Waals surface area contributed by atoms with E-state index in [1.165, 1.54) is 12.2 Å². The van der Waals surface area contributed by atoms with Gasteiger partial charge in [0.05, 0.1) is 0 Å². The standard InChI is InChI=1S/C9H10F2O2/c1-3-5-7-8(6-4-2)13-9(10,11)12-7/h3-6H,1-2H3/b5-3-,6-4-. The Kier molecular flexibility index (Phi) is 2.70. The number of hydrogen-bond acceptors (Lipinski definition) is 2. The van der Waals surface area contributed by atoms with Crippen LogP contribution in [-0.2, 0) is 9.47 Å². The third-order valence-electron chi connectivity index (χ3n) is 1.34. The van der Waals surface area contributed by atoms with Crippen molar-refractivity contribution in [2.24, 2.45) is 0 Å². The Bertz CT molecular complexity index is 251. The molecule has 0 aromatic heterocycles. The summed E-state index contributed by atoms with van der Waals surface area (Å²) in [5.74, 6) is 0.0937. The van der Waals surface area contributed by atoms with Crippen LogP contribution in [0.2, 0.25) is 0 Å². The van der Waals surface area contributed by atoms with E-state index in [-0.39, 0.29) is 11.5 Å². The zero-order chi connectivity index (χ0) is 9.90. The van der Waals surface area contributed by atoms with Crippen molar-refractivity contribution in [1.29, 1.82) is 0 Å². The fourth-order valence-electron chi connectivity index (χ4n) is 0.913. The lowest BCUT2D eigenvalue weighted by molar-refractivity contribution is -0.335. The van der Waals surface area contributed by atoms with Crippen molar-refractivity contribution in [3.05, 3.63) is 35.8 Å². The summed E-state index contributed by atoms with van der Waals surface area (Å²) in [4.78, 5) is 0. The summed E-state index contributed by atoms with van der Waals surface area (Å²) in [6, 6.07) is 0. The second-order valence-corrected chi connectivity index (χ2v) is 2.40. The van der Waals surface area contributed by atoms with E-state index in [0.717, 1.165) is 0 Å². The number of alkyl halides is 2. The Hall–Kier alpha value is -1.32. The lowest BCUT2D eigenvalue weighted by Gasteiger charge is -2.06. The molecule has 0 bridgehead atoms. The Morgan fingerprint density at radius 2 is 1.38 bits per heavy atom. The van der Waals surface area contributed by atoms with Gasteiger partial charge in [-0.3, -0.25) is 0 Å². The molecule has 0 atom stereocenters. The first-order chi connectivity index (χ1) is 6.09. The molecule has 0 saturated carbocycles. The van der Waals surface area contributed by atoms with Crippen molar-refractivity contribution in [3.63, 3.8) is 0 Å². The molecule has 0 aromatic carbocycles. The highest BCUT2D eigenvalue weighted by atomic mass is 19.3. The molecule has 1 heterocycles. The third-order valence-corrected chi connectivity index (χ3v) is 1.34. The van der Waals surface area contributed by atoms with Gasteiger partial charge in [-0.2, -0.15) is 0 Å². The van der Waals surface area contributed by atoms with Crippen LogP contribution in [0.1, 0.15) is 13.8 Å². The van der Waals surface area contributed by atoms with E-state index in [4.69, 9.17) is 0 Å². The molecule has 4 heteroatoms. The van der Waals surface area contributed by atoms with Crippen molar-refractivity contribution in [1.82, 2.24) is 0 Å². The molecule has 72 valence electrons. The van der Waals surface area contributed by atoms with Crippen LogP contribution in [0.3, 0.4) is 0 Å². The molecule has 0 N–H and O–H groups in total. The molecule has 1 aliphatic heterocycles. The van der Waals surface area contributed by atoms with Gasteiger partial charge in [-0.05, 0) is 26.0 Å². The van der Waals surface area contributed by atoms with E-state index >= 15 is 0 Å². The number of hydrogen-bond donors (Lipinski definition) is 0. The maximum Gasteiger partial charge on any atom is 0.586 e. The highest BCUT2D eigenvalue weighted by molar-refractivity contribution is 5.26. The molecule has 0 saturated heterocycles. The topological polar surface area (TPSA) is 18.5 Å². The second-order valence-electron chi connectivity index (χ2n) is 2.40. The van der Waals surface area contributed by atoms with E-state index in [1.54, 1.807) is 26.0 Å². The van der Waals surface area contributed by atoms with Gasteiger partial charge in [-0.15, -0.1) is 8.78 Å². The predicted octanol–water partition coefficient (Wildman–Crippen LogP) is 2.95. The van der Waals surface area contributed by atoms with Gasteiger partial charge in [0, 0.05) is 0 Å². The zero-order valence-electron chi connectivity index (χ0n) is 7.38. The van der Waals surface area contributed by atoms with Crippen molar-refractivity contribution in [2.45, 2.75) is 20.1 Å². The summed E-state index contributed by atoms with van der Waals surface area (Å²) in [6.45, 7) is 3.42. The molecule has 1 rings (SSSR count). The molecule has 0 unspecified atom stereocenters. The summed E-state index contributed by atoms with van der Waals surface area (Å²) in [5, 5.41) is 0. The van der Waals surface area contributed by atoms with Crippen LogP contribution >= 0.6 is 0 Å². The average molecular weight is 188 g/mol. The summed E-state index contributed by atoms with van der Waals surface area (Å²) < 4.78 is 33.6. The normalized spacial score (nSPS) is 21.2. The van der Waals surface area contributed by atoms with Gasteiger partial charge in [0.1, 0.15) is 0 Å². The minimum atomic E-state index is -3.54. The van der Waals surface area contributed by atoms with Crippen LogP contribution < -0.4 is 0 Å². The molecular formula is C9H10F2O2. The molecule has 0 amide bonds. The van der Waals surface area contributed by atoms with E-state index < -0.39 is 6.29 Å². The Morgan fingerprint density at radius 3 is 1.69 bits per heavy atom. The van der Waals surface area contributed by atoms with Gasteiger partial charge in [-0.25, -0.2) is 0 Å². The van der Waals surface area contributed by atoms with Crippen LogP contribution in [0.25, 0.3) is 0 Å². The molecule has 13 heavy (non-hydrogen) atoms. The highest BCUT2D eigenvalue weighted by Crippen LogP contribution is 2.34. The summed E-state index contributed by atoms with van der Waals surface area (Å²) in [7, 11) is 0. The third kappa shape index (κ3) is 2.31. The Morgan fingerprint density at radius 1 is 1.00 bits per heavy atom. The SMILES string of the molecule is C/C=C\C1=C(/C=C\C)OC(F)(F)O1. The van der Waals surface area contributed by atoms with Gasteiger partial charge >= 0.3 is 6.29 Å². The fraction of sp³-hybridized carbons (Fsp3) is 0.333. The molecule has 0 aliphatic carbocycles. The molecule has 0 fully saturated rings. The van der Waals surface area contributed by atoms with Crippen molar-refractivity contribution >= 4 is 0 Å². The van der Waals surface area contributed by atoms with Gasteiger partial charge in [-0.1, -0.05) is 12.2 Å². The largest absolute Gasteiger partial charge is 0.586 e. The number of ether oxygens (including phenoxy) is 2. The highest BCUT2D eigenvalue weighted by Gasteiger charge is 2.43. The second kappa shape index (κ2) is 3.60. The van der Waals surface area contributed by atoms with E-state index in [0.29, 0.717) is 0 Å². The Labute approximate surface area is 75.1 Å². The molecule has 0 radical (unpaired) electrons.